The molecule has 2 aromatic rings. The van der Waals surface area contributed by atoms with E-state index in [2.05, 4.69) is 10.9 Å². The molecule has 154 valence electrons. The molecule has 2 N–H and O–H groups in total. The van der Waals surface area contributed by atoms with Crippen LogP contribution in [0.4, 0.5) is 4.79 Å². The molecule has 0 atom stereocenters. The van der Waals surface area contributed by atoms with Crippen LogP contribution >= 0.6 is 23.4 Å². The van der Waals surface area contributed by atoms with Crippen molar-refractivity contribution in [1.29, 1.82) is 0 Å². The van der Waals surface area contributed by atoms with Crippen LogP contribution in [0.25, 0.3) is 6.08 Å². The second kappa shape index (κ2) is 9.60. The number of rotatable bonds is 5. The molecule has 9 heteroatoms. The molecule has 1 aliphatic rings. The van der Waals surface area contributed by atoms with Gasteiger partial charge in [0.05, 0.1) is 4.91 Å². The van der Waals surface area contributed by atoms with Crippen molar-refractivity contribution in [2.24, 2.45) is 0 Å². The van der Waals surface area contributed by atoms with Crippen LogP contribution in [0.1, 0.15) is 27.9 Å². The van der Waals surface area contributed by atoms with Crippen molar-refractivity contribution in [3.63, 3.8) is 0 Å². The SMILES string of the molecule is Cc1ccc(C=C2SC(=O)N(CCC(=O)NNC(=O)c3cccc(Cl)c3)C2=O)cc1. The van der Waals surface area contributed by atoms with Crippen molar-refractivity contribution in [3.05, 3.63) is 75.1 Å². The highest BCUT2D eigenvalue weighted by atomic mass is 35.5. The van der Waals surface area contributed by atoms with Gasteiger partial charge in [-0.3, -0.25) is 34.9 Å². The third kappa shape index (κ3) is 5.49. The second-order valence-corrected chi connectivity index (χ2v) is 7.94. The van der Waals surface area contributed by atoms with Crippen LogP contribution in [0, 0.1) is 6.92 Å². The predicted octanol–water partition coefficient (Wildman–Crippen LogP) is 3.54. The van der Waals surface area contributed by atoms with Crippen LogP contribution in [0.15, 0.2) is 53.4 Å². The number of hydrazine groups is 1. The summed E-state index contributed by atoms with van der Waals surface area (Å²) in [4.78, 5) is 49.9. The average molecular weight is 444 g/mol. The van der Waals surface area contributed by atoms with E-state index in [1.54, 1.807) is 24.3 Å². The number of amides is 4. The number of imide groups is 1. The molecular formula is C21H18ClN3O4S. The highest BCUT2D eigenvalue weighted by molar-refractivity contribution is 8.18. The van der Waals surface area contributed by atoms with Crippen LogP contribution in [0.5, 0.6) is 0 Å². The lowest BCUT2D eigenvalue weighted by atomic mass is 10.1. The molecule has 0 spiro atoms. The van der Waals surface area contributed by atoms with E-state index in [1.165, 1.54) is 6.07 Å². The summed E-state index contributed by atoms with van der Waals surface area (Å²) >= 11 is 6.66. The van der Waals surface area contributed by atoms with Gasteiger partial charge in [-0.1, -0.05) is 47.5 Å². The number of thioether (sulfide) groups is 1. The number of benzene rings is 2. The molecular weight excluding hydrogens is 426 g/mol. The summed E-state index contributed by atoms with van der Waals surface area (Å²) in [5.74, 6) is -1.51. The lowest BCUT2D eigenvalue weighted by Crippen LogP contribution is -2.43. The van der Waals surface area contributed by atoms with Crippen molar-refractivity contribution < 1.29 is 19.2 Å². The van der Waals surface area contributed by atoms with Gasteiger partial charge in [0, 0.05) is 23.6 Å². The molecule has 0 radical (unpaired) electrons. The average Bonchev–Trinajstić information content (AvgIpc) is 2.99. The van der Waals surface area contributed by atoms with Gasteiger partial charge in [-0.2, -0.15) is 0 Å². The quantitative estimate of drug-likeness (QED) is 0.544. The van der Waals surface area contributed by atoms with Crippen molar-refractivity contribution in [2.45, 2.75) is 13.3 Å². The molecule has 7 nitrogen and oxygen atoms in total. The van der Waals surface area contributed by atoms with Crippen LogP contribution in [0.3, 0.4) is 0 Å². The van der Waals surface area contributed by atoms with Crippen molar-refractivity contribution in [1.82, 2.24) is 15.8 Å². The zero-order valence-electron chi connectivity index (χ0n) is 16.0. The van der Waals surface area contributed by atoms with Gasteiger partial charge >= 0.3 is 0 Å². The number of carbonyl (C=O) groups is 4. The Kier molecular flexibility index (Phi) is 6.91. The number of hydrogen-bond donors (Lipinski definition) is 2. The molecule has 1 aliphatic heterocycles. The number of hydrogen-bond acceptors (Lipinski definition) is 5. The summed E-state index contributed by atoms with van der Waals surface area (Å²) in [6.07, 6.45) is 1.50. The second-order valence-electron chi connectivity index (χ2n) is 6.51. The highest BCUT2D eigenvalue weighted by Crippen LogP contribution is 2.32. The summed E-state index contributed by atoms with van der Waals surface area (Å²) in [5.41, 5.74) is 6.72. The van der Waals surface area contributed by atoms with Gasteiger partial charge in [0.1, 0.15) is 0 Å². The molecule has 2 aromatic carbocycles. The molecule has 0 aliphatic carbocycles. The van der Waals surface area contributed by atoms with E-state index < -0.39 is 23.0 Å². The van der Waals surface area contributed by atoms with Crippen molar-refractivity contribution in [2.75, 3.05) is 6.54 Å². The standard InChI is InChI=1S/C21H18ClN3O4S/c1-13-5-7-14(8-6-13)11-17-20(28)25(21(29)30-17)10-9-18(26)23-24-19(27)15-3-2-4-16(22)12-15/h2-8,11-12H,9-10H2,1H3,(H,23,26)(H,24,27). The maximum atomic E-state index is 12.5. The minimum Gasteiger partial charge on any atom is -0.273 e. The Morgan fingerprint density at radius 1 is 1.10 bits per heavy atom. The van der Waals surface area contributed by atoms with E-state index in [-0.39, 0.29) is 18.5 Å². The fourth-order valence-electron chi connectivity index (χ4n) is 2.61. The molecule has 4 amide bonds. The topological polar surface area (TPSA) is 95.6 Å². The third-order valence-corrected chi connectivity index (χ3v) is 5.36. The molecule has 1 fully saturated rings. The van der Waals surface area contributed by atoms with Crippen LogP contribution < -0.4 is 10.9 Å². The zero-order valence-corrected chi connectivity index (χ0v) is 17.5. The number of aryl methyl sites for hydroxylation is 1. The number of carbonyl (C=O) groups excluding carboxylic acids is 4. The van der Waals surface area contributed by atoms with Gasteiger partial charge < -0.3 is 0 Å². The lowest BCUT2D eigenvalue weighted by molar-refractivity contribution is -0.124. The first kappa shape index (κ1) is 21.6. The summed E-state index contributed by atoms with van der Waals surface area (Å²) in [6.45, 7) is 1.87. The largest absolute Gasteiger partial charge is 0.293 e. The predicted molar refractivity (Wildman–Crippen MR) is 116 cm³/mol. The maximum Gasteiger partial charge on any atom is 0.293 e. The lowest BCUT2D eigenvalue weighted by Gasteiger charge is -2.12. The highest BCUT2D eigenvalue weighted by Gasteiger charge is 2.35. The molecule has 0 saturated carbocycles. The van der Waals surface area contributed by atoms with Crippen LogP contribution in [0.2, 0.25) is 5.02 Å². The van der Waals surface area contributed by atoms with Gasteiger partial charge in [-0.25, -0.2) is 0 Å². The summed E-state index contributed by atoms with van der Waals surface area (Å²) in [5, 5.41) is -0.0406. The zero-order chi connectivity index (χ0) is 21.7. The van der Waals surface area contributed by atoms with Gasteiger partial charge in [0.2, 0.25) is 5.91 Å². The summed E-state index contributed by atoms with van der Waals surface area (Å²) < 4.78 is 0. The number of nitrogens with one attached hydrogen (secondary N) is 2. The van der Waals surface area contributed by atoms with Gasteiger partial charge in [-0.15, -0.1) is 0 Å². The molecule has 0 unspecified atom stereocenters. The summed E-state index contributed by atoms with van der Waals surface area (Å²) in [6, 6.07) is 13.8. The Balaban J connectivity index is 1.52. The normalized spacial score (nSPS) is 14.9. The monoisotopic (exact) mass is 443 g/mol. The van der Waals surface area contributed by atoms with E-state index in [1.807, 2.05) is 31.2 Å². The van der Waals surface area contributed by atoms with E-state index in [9.17, 15) is 19.2 Å². The first-order valence-corrected chi connectivity index (χ1v) is 10.2. The molecule has 1 heterocycles. The first-order chi connectivity index (χ1) is 14.3. The Bertz CT molecular complexity index is 1040. The Morgan fingerprint density at radius 2 is 1.83 bits per heavy atom. The first-order valence-electron chi connectivity index (χ1n) is 9.00. The Labute approximate surface area is 182 Å². The van der Waals surface area contributed by atoms with Crippen LogP contribution in [-0.4, -0.2) is 34.4 Å². The molecule has 3 rings (SSSR count). The van der Waals surface area contributed by atoms with Gasteiger partial charge in [-0.05, 0) is 48.5 Å². The Morgan fingerprint density at radius 3 is 2.53 bits per heavy atom. The number of halogens is 1. The minimum absolute atomic E-state index is 0.0885. The van der Waals surface area contributed by atoms with Crippen LogP contribution in [-0.2, 0) is 9.59 Å². The molecule has 0 bridgehead atoms. The van der Waals surface area contributed by atoms with E-state index in [4.69, 9.17) is 11.6 Å². The third-order valence-electron chi connectivity index (χ3n) is 4.21. The van der Waals surface area contributed by atoms with E-state index >= 15 is 0 Å². The number of nitrogens with zero attached hydrogens (tertiary/aromatic N) is 1. The fourth-order valence-corrected chi connectivity index (χ4v) is 3.67. The maximum absolute atomic E-state index is 12.5. The van der Waals surface area contributed by atoms with E-state index in [0.717, 1.165) is 27.8 Å². The molecule has 30 heavy (non-hydrogen) atoms. The van der Waals surface area contributed by atoms with E-state index in [0.29, 0.717) is 9.93 Å². The van der Waals surface area contributed by atoms with Gasteiger partial charge in [0.25, 0.3) is 17.1 Å². The van der Waals surface area contributed by atoms with Crippen molar-refractivity contribution >= 4 is 52.4 Å². The minimum atomic E-state index is -0.535. The molecule has 1 saturated heterocycles. The fraction of sp³-hybridized carbons (Fsp3) is 0.143. The summed E-state index contributed by atoms with van der Waals surface area (Å²) in [7, 11) is 0. The molecule has 0 aromatic heterocycles. The van der Waals surface area contributed by atoms with Crippen molar-refractivity contribution in [3.8, 4) is 0 Å². The smallest absolute Gasteiger partial charge is 0.273 e. The van der Waals surface area contributed by atoms with Gasteiger partial charge in [0.15, 0.2) is 0 Å². The Hall–Kier alpha value is -3.10.